The SMILES string of the molecule is C=C(COc1ccc(C(=C)NOC)cc1)COc1c(Cl)cc(OCC=C(Cl)Cl)cc1Cl. The lowest BCUT2D eigenvalue weighted by atomic mass is 10.2. The highest BCUT2D eigenvalue weighted by molar-refractivity contribution is 6.55. The van der Waals surface area contributed by atoms with Crippen molar-refractivity contribution < 1.29 is 19.0 Å². The number of benzene rings is 2. The Hall–Kier alpha value is -2.02. The van der Waals surface area contributed by atoms with E-state index in [-0.39, 0.29) is 24.3 Å². The van der Waals surface area contributed by atoms with Crippen LogP contribution in [-0.4, -0.2) is 26.9 Å². The Morgan fingerprint density at radius 1 is 0.935 bits per heavy atom. The van der Waals surface area contributed by atoms with Crippen molar-refractivity contribution in [3.63, 3.8) is 0 Å². The molecule has 0 aromatic heterocycles. The van der Waals surface area contributed by atoms with E-state index in [4.69, 9.17) is 65.5 Å². The maximum absolute atomic E-state index is 6.26. The molecule has 0 amide bonds. The summed E-state index contributed by atoms with van der Waals surface area (Å²) < 4.78 is 17.0. The summed E-state index contributed by atoms with van der Waals surface area (Å²) in [6, 6.07) is 10.6. The maximum atomic E-state index is 6.26. The third-order valence-electron chi connectivity index (χ3n) is 3.75. The maximum Gasteiger partial charge on any atom is 0.157 e. The number of hydrogen-bond acceptors (Lipinski definition) is 5. The molecule has 0 heterocycles. The van der Waals surface area contributed by atoms with Gasteiger partial charge < -0.3 is 14.2 Å². The van der Waals surface area contributed by atoms with Gasteiger partial charge in [-0.1, -0.05) is 59.6 Å². The monoisotopic (exact) mass is 503 g/mol. The second-order valence-electron chi connectivity index (χ2n) is 6.16. The van der Waals surface area contributed by atoms with Gasteiger partial charge in [-0.3, -0.25) is 10.3 Å². The molecule has 0 aliphatic rings. The van der Waals surface area contributed by atoms with Crippen LogP contribution in [0.4, 0.5) is 0 Å². The van der Waals surface area contributed by atoms with Gasteiger partial charge >= 0.3 is 0 Å². The van der Waals surface area contributed by atoms with Crippen LogP contribution in [0.2, 0.25) is 10.0 Å². The molecule has 0 saturated carbocycles. The molecule has 5 nitrogen and oxygen atoms in total. The minimum absolute atomic E-state index is 0.113. The van der Waals surface area contributed by atoms with Crippen LogP contribution in [0.3, 0.4) is 0 Å². The summed E-state index contributed by atoms with van der Waals surface area (Å²) in [6.45, 7) is 8.44. The number of rotatable bonds is 12. The number of hydroxylamine groups is 1. The topological polar surface area (TPSA) is 49.0 Å². The fourth-order valence-electron chi connectivity index (χ4n) is 2.29. The Balaban J connectivity index is 1.85. The normalized spacial score (nSPS) is 10.2. The van der Waals surface area contributed by atoms with Crippen molar-refractivity contribution in [2.75, 3.05) is 26.9 Å². The second-order valence-corrected chi connectivity index (χ2v) is 7.98. The van der Waals surface area contributed by atoms with Crippen LogP contribution in [-0.2, 0) is 4.84 Å². The van der Waals surface area contributed by atoms with E-state index in [1.54, 1.807) is 12.1 Å². The summed E-state index contributed by atoms with van der Waals surface area (Å²) >= 11 is 23.6. The highest BCUT2D eigenvalue weighted by Crippen LogP contribution is 2.37. The van der Waals surface area contributed by atoms with Gasteiger partial charge in [0.1, 0.15) is 35.8 Å². The minimum Gasteiger partial charge on any atom is -0.489 e. The molecule has 0 aliphatic heterocycles. The predicted molar refractivity (Wildman–Crippen MR) is 127 cm³/mol. The van der Waals surface area contributed by atoms with Gasteiger partial charge in [0.2, 0.25) is 0 Å². The molecule has 0 atom stereocenters. The molecule has 0 saturated heterocycles. The Morgan fingerprint density at radius 2 is 1.55 bits per heavy atom. The van der Waals surface area contributed by atoms with Crippen LogP contribution >= 0.6 is 46.4 Å². The molecule has 0 aliphatic carbocycles. The molecule has 166 valence electrons. The first-order valence-electron chi connectivity index (χ1n) is 8.93. The highest BCUT2D eigenvalue weighted by Gasteiger charge is 2.11. The average Bonchev–Trinajstić information content (AvgIpc) is 2.72. The summed E-state index contributed by atoms with van der Waals surface area (Å²) in [7, 11) is 1.52. The molecule has 2 aromatic rings. The lowest BCUT2D eigenvalue weighted by Crippen LogP contribution is -2.10. The fourth-order valence-corrected chi connectivity index (χ4v) is 3.00. The molecule has 0 bridgehead atoms. The first kappa shape index (κ1) is 25.2. The molecular formula is C22H21Cl4NO4. The van der Waals surface area contributed by atoms with Crippen LogP contribution in [0.1, 0.15) is 5.56 Å². The van der Waals surface area contributed by atoms with E-state index in [1.165, 1.54) is 13.2 Å². The second kappa shape index (κ2) is 12.7. The van der Waals surface area contributed by atoms with Gasteiger partial charge in [-0.15, -0.1) is 0 Å². The summed E-state index contributed by atoms with van der Waals surface area (Å²) in [6.07, 6.45) is 1.50. The van der Waals surface area contributed by atoms with E-state index in [0.717, 1.165) is 5.56 Å². The summed E-state index contributed by atoms with van der Waals surface area (Å²) in [4.78, 5) is 4.84. The lowest BCUT2D eigenvalue weighted by molar-refractivity contribution is 0.137. The number of nitrogens with one attached hydrogen (secondary N) is 1. The Labute approximate surface area is 201 Å². The van der Waals surface area contributed by atoms with Crippen LogP contribution in [0.25, 0.3) is 5.70 Å². The standard InChI is InChI=1S/C22H21Cl4NO4/c1-14(12-30-17-6-4-16(5-7-17)15(2)27-28-3)13-31-22-19(23)10-18(11-20(22)24)29-9-8-21(25)26/h4-8,10-11,27H,1-2,9,12-13H2,3H3. The van der Waals surface area contributed by atoms with Crippen molar-refractivity contribution in [2.24, 2.45) is 0 Å². The zero-order valence-corrected chi connectivity index (χ0v) is 19.7. The summed E-state index contributed by atoms with van der Waals surface area (Å²) in [5, 5.41) is 0.607. The van der Waals surface area contributed by atoms with E-state index in [0.29, 0.717) is 38.6 Å². The van der Waals surface area contributed by atoms with E-state index in [2.05, 4.69) is 18.6 Å². The highest BCUT2D eigenvalue weighted by atomic mass is 35.5. The Morgan fingerprint density at radius 3 is 2.13 bits per heavy atom. The summed E-state index contributed by atoms with van der Waals surface area (Å²) in [5.41, 5.74) is 4.91. The molecule has 9 heteroatoms. The van der Waals surface area contributed by atoms with E-state index in [1.807, 2.05) is 24.3 Å². The van der Waals surface area contributed by atoms with Crippen molar-refractivity contribution in [2.45, 2.75) is 0 Å². The van der Waals surface area contributed by atoms with Gasteiger partial charge in [-0.25, -0.2) is 0 Å². The molecule has 0 fully saturated rings. The minimum atomic E-state index is 0.113. The van der Waals surface area contributed by atoms with E-state index >= 15 is 0 Å². The van der Waals surface area contributed by atoms with Crippen LogP contribution < -0.4 is 19.7 Å². The van der Waals surface area contributed by atoms with Crippen molar-refractivity contribution in [3.05, 3.63) is 81.3 Å². The van der Waals surface area contributed by atoms with Crippen molar-refractivity contribution >= 4 is 52.1 Å². The predicted octanol–water partition coefficient (Wildman–Crippen LogP) is 6.83. The zero-order valence-electron chi connectivity index (χ0n) is 16.7. The van der Waals surface area contributed by atoms with Crippen LogP contribution in [0.15, 0.2) is 65.7 Å². The molecule has 0 spiro atoms. The third kappa shape index (κ3) is 8.56. The largest absolute Gasteiger partial charge is 0.489 e. The van der Waals surface area contributed by atoms with Crippen molar-refractivity contribution in [3.8, 4) is 17.2 Å². The number of ether oxygens (including phenoxy) is 3. The molecule has 2 aromatic carbocycles. The van der Waals surface area contributed by atoms with Gasteiger partial charge in [-0.2, -0.15) is 0 Å². The fraction of sp³-hybridized carbons (Fsp3) is 0.182. The van der Waals surface area contributed by atoms with Gasteiger partial charge in [0, 0.05) is 12.1 Å². The Kier molecular flexibility index (Phi) is 10.4. The molecule has 2 rings (SSSR count). The van der Waals surface area contributed by atoms with Gasteiger partial charge in [0.15, 0.2) is 5.75 Å². The van der Waals surface area contributed by atoms with E-state index in [9.17, 15) is 0 Å². The molecule has 31 heavy (non-hydrogen) atoms. The first-order valence-corrected chi connectivity index (χ1v) is 10.4. The molecular weight excluding hydrogens is 484 g/mol. The first-order chi connectivity index (χ1) is 14.8. The van der Waals surface area contributed by atoms with Gasteiger partial charge in [0.05, 0.1) is 22.9 Å². The molecule has 1 N–H and O–H groups in total. The quantitative estimate of drug-likeness (QED) is 0.253. The lowest BCUT2D eigenvalue weighted by Gasteiger charge is -2.14. The van der Waals surface area contributed by atoms with Crippen LogP contribution in [0.5, 0.6) is 17.2 Å². The third-order valence-corrected chi connectivity index (χ3v) is 4.62. The molecule has 0 radical (unpaired) electrons. The average molecular weight is 505 g/mol. The van der Waals surface area contributed by atoms with E-state index < -0.39 is 0 Å². The van der Waals surface area contributed by atoms with Gasteiger partial charge in [0.25, 0.3) is 0 Å². The molecule has 0 unspecified atom stereocenters. The zero-order chi connectivity index (χ0) is 22.8. The van der Waals surface area contributed by atoms with Crippen LogP contribution in [0, 0.1) is 0 Å². The van der Waals surface area contributed by atoms with Crippen molar-refractivity contribution in [1.29, 1.82) is 0 Å². The van der Waals surface area contributed by atoms with Crippen molar-refractivity contribution in [1.82, 2.24) is 5.48 Å². The summed E-state index contributed by atoms with van der Waals surface area (Å²) in [5.74, 6) is 1.47. The Bertz CT molecular complexity index is 918. The van der Waals surface area contributed by atoms with Gasteiger partial charge in [-0.05, 0) is 41.5 Å². The number of halogens is 4. The smallest absolute Gasteiger partial charge is 0.157 e. The number of hydrogen-bond donors (Lipinski definition) is 1.